The lowest BCUT2D eigenvalue weighted by molar-refractivity contribution is 0.235. The van der Waals surface area contributed by atoms with Crippen molar-refractivity contribution in [2.45, 2.75) is 32.9 Å². The summed E-state index contributed by atoms with van der Waals surface area (Å²) >= 11 is 0. The normalized spacial score (nSPS) is 12.4. The first-order valence-electron chi connectivity index (χ1n) is 6.62. The van der Waals surface area contributed by atoms with Gasteiger partial charge in [-0.1, -0.05) is 36.4 Å². The van der Waals surface area contributed by atoms with Crippen molar-refractivity contribution in [3.63, 3.8) is 0 Å². The minimum atomic E-state index is -0.129. The van der Waals surface area contributed by atoms with Crippen LogP contribution in [0, 0.1) is 0 Å². The van der Waals surface area contributed by atoms with Crippen molar-refractivity contribution in [3.05, 3.63) is 48.0 Å². The van der Waals surface area contributed by atoms with Gasteiger partial charge in [-0.25, -0.2) is 4.79 Å². The molecule has 0 radical (unpaired) electrons. The van der Waals surface area contributed by atoms with Crippen LogP contribution in [0.15, 0.2) is 42.5 Å². The van der Waals surface area contributed by atoms with Crippen molar-refractivity contribution in [1.29, 1.82) is 0 Å². The number of carbonyl (C=O) groups is 1. The molecule has 3 nitrogen and oxygen atoms in total. The number of hydrogen-bond donors (Lipinski definition) is 2. The van der Waals surface area contributed by atoms with E-state index in [9.17, 15) is 4.79 Å². The molecule has 0 saturated heterocycles. The molecule has 0 unspecified atom stereocenters. The van der Waals surface area contributed by atoms with Crippen molar-refractivity contribution >= 4 is 16.8 Å². The van der Waals surface area contributed by atoms with E-state index in [1.165, 1.54) is 10.8 Å². The maximum Gasteiger partial charge on any atom is 0.315 e. The van der Waals surface area contributed by atoms with Gasteiger partial charge in [-0.15, -0.1) is 0 Å². The van der Waals surface area contributed by atoms with Gasteiger partial charge in [0.1, 0.15) is 0 Å². The maximum absolute atomic E-state index is 11.7. The first kappa shape index (κ1) is 13.4. The van der Waals surface area contributed by atoms with Gasteiger partial charge in [0, 0.05) is 6.04 Å². The van der Waals surface area contributed by atoms with Crippen LogP contribution in [0.2, 0.25) is 0 Å². The lowest BCUT2D eigenvalue weighted by Gasteiger charge is -2.17. The van der Waals surface area contributed by atoms with Crippen LogP contribution in [-0.4, -0.2) is 12.1 Å². The van der Waals surface area contributed by atoms with E-state index in [0.29, 0.717) is 0 Å². The molecule has 3 heteroatoms. The van der Waals surface area contributed by atoms with Crippen molar-refractivity contribution < 1.29 is 4.79 Å². The third kappa shape index (κ3) is 3.47. The Morgan fingerprint density at radius 2 is 1.63 bits per heavy atom. The number of carbonyl (C=O) groups excluding carboxylic acids is 1. The third-order valence-corrected chi connectivity index (χ3v) is 3.04. The monoisotopic (exact) mass is 256 g/mol. The van der Waals surface area contributed by atoms with Gasteiger partial charge >= 0.3 is 6.03 Å². The van der Waals surface area contributed by atoms with E-state index < -0.39 is 0 Å². The van der Waals surface area contributed by atoms with E-state index in [-0.39, 0.29) is 18.1 Å². The number of urea groups is 1. The number of nitrogens with one attached hydrogen (secondary N) is 2. The quantitative estimate of drug-likeness (QED) is 0.865. The molecule has 2 aromatic rings. The Labute approximate surface area is 114 Å². The van der Waals surface area contributed by atoms with Crippen LogP contribution in [0.1, 0.15) is 32.4 Å². The van der Waals surface area contributed by atoms with E-state index in [1.807, 2.05) is 32.9 Å². The molecular weight excluding hydrogens is 236 g/mol. The van der Waals surface area contributed by atoms with Crippen LogP contribution in [0.5, 0.6) is 0 Å². The average molecular weight is 256 g/mol. The van der Waals surface area contributed by atoms with Crippen LogP contribution < -0.4 is 10.6 Å². The van der Waals surface area contributed by atoms with Gasteiger partial charge in [-0.05, 0) is 43.2 Å². The predicted octanol–water partition coefficient (Wildman–Crippen LogP) is 3.61. The summed E-state index contributed by atoms with van der Waals surface area (Å²) in [5.74, 6) is 0. The van der Waals surface area contributed by atoms with E-state index >= 15 is 0 Å². The Balaban J connectivity index is 2.12. The average Bonchev–Trinajstić information content (AvgIpc) is 2.37. The molecule has 0 bridgehead atoms. The number of fused-ring (bicyclic) bond motifs is 1. The van der Waals surface area contributed by atoms with E-state index in [1.54, 1.807) is 0 Å². The summed E-state index contributed by atoms with van der Waals surface area (Å²) in [6.45, 7) is 5.88. The molecule has 2 rings (SSSR count). The third-order valence-electron chi connectivity index (χ3n) is 3.04. The Kier molecular flexibility index (Phi) is 4.05. The zero-order valence-electron chi connectivity index (χ0n) is 11.6. The molecule has 0 aliphatic rings. The van der Waals surface area contributed by atoms with Gasteiger partial charge < -0.3 is 10.6 Å². The molecule has 0 spiro atoms. The van der Waals surface area contributed by atoms with Gasteiger partial charge in [-0.2, -0.15) is 0 Å². The molecule has 100 valence electrons. The summed E-state index contributed by atoms with van der Waals surface area (Å²) in [6.07, 6.45) is 0. The molecule has 2 aromatic carbocycles. The second kappa shape index (κ2) is 5.74. The molecule has 0 fully saturated rings. The lowest BCUT2D eigenvalue weighted by Crippen LogP contribution is -2.40. The highest BCUT2D eigenvalue weighted by Crippen LogP contribution is 2.20. The Morgan fingerprint density at radius 1 is 0.947 bits per heavy atom. The Hall–Kier alpha value is -2.03. The molecule has 19 heavy (non-hydrogen) atoms. The Morgan fingerprint density at radius 3 is 2.32 bits per heavy atom. The van der Waals surface area contributed by atoms with Crippen LogP contribution in [-0.2, 0) is 0 Å². The molecule has 0 aromatic heterocycles. The van der Waals surface area contributed by atoms with Gasteiger partial charge in [0.2, 0.25) is 0 Å². The largest absolute Gasteiger partial charge is 0.336 e. The topological polar surface area (TPSA) is 41.1 Å². The highest BCUT2D eigenvalue weighted by atomic mass is 16.2. The molecule has 1 atom stereocenters. The van der Waals surface area contributed by atoms with Crippen LogP contribution in [0.4, 0.5) is 4.79 Å². The first-order chi connectivity index (χ1) is 9.06. The number of hydrogen-bond acceptors (Lipinski definition) is 1. The highest BCUT2D eigenvalue weighted by molar-refractivity contribution is 5.83. The zero-order chi connectivity index (χ0) is 13.8. The molecule has 0 aliphatic carbocycles. The second-order valence-corrected chi connectivity index (χ2v) is 5.10. The Bertz CT molecular complexity index is 578. The number of amides is 2. The fourth-order valence-corrected chi connectivity index (χ4v) is 2.06. The predicted molar refractivity (Wildman–Crippen MR) is 79.2 cm³/mol. The van der Waals surface area contributed by atoms with Gasteiger partial charge in [-0.3, -0.25) is 0 Å². The first-order valence-corrected chi connectivity index (χ1v) is 6.62. The van der Waals surface area contributed by atoms with Crippen molar-refractivity contribution in [2.75, 3.05) is 0 Å². The summed E-state index contributed by atoms with van der Waals surface area (Å²) in [5.41, 5.74) is 1.11. The zero-order valence-corrected chi connectivity index (χ0v) is 11.6. The molecule has 0 saturated carbocycles. The molecule has 2 N–H and O–H groups in total. The standard InChI is InChI=1S/C16H20N2O/c1-11(2)17-16(19)18-12(3)14-9-8-13-6-4-5-7-15(13)10-14/h4-12H,1-3H3,(H2,17,18,19)/t12-/m0/s1. The highest BCUT2D eigenvalue weighted by Gasteiger charge is 2.10. The smallest absolute Gasteiger partial charge is 0.315 e. The minimum absolute atomic E-state index is 0.0108. The van der Waals surface area contributed by atoms with Crippen LogP contribution in [0.25, 0.3) is 10.8 Å². The summed E-state index contributed by atoms with van der Waals surface area (Å²) in [6, 6.07) is 14.5. The van der Waals surface area contributed by atoms with Gasteiger partial charge in [0.25, 0.3) is 0 Å². The van der Waals surface area contributed by atoms with Gasteiger partial charge in [0.05, 0.1) is 6.04 Å². The summed E-state index contributed by atoms with van der Waals surface area (Å²) in [7, 11) is 0. The van der Waals surface area contributed by atoms with Crippen LogP contribution >= 0.6 is 0 Å². The van der Waals surface area contributed by atoms with E-state index in [2.05, 4.69) is 41.0 Å². The summed E-state index contributed by atoms with van der Waals surface area (Å²) < 4.78 is 0. The lowest BCUT2D eigenvalue weighted by atomic mass is 10.0. The van der Waals surface area contributed by atoms with Crippen molar-refractivity contribution in [2.24, 2.45) is 0 Å². The molecule has 0 aliphatic heterocycles. The van der Waals surface area contributed by atoms with Crippen LogP contribution in [0.3, 0.4) is 0 Å². The molecule has 0 heterocycles. The van der Waals surface area contributed by atoms with E-state index in [4.69, 9.17) is 0 Å². The fourth-order valence-electron chi connectivity index (χ4n) is 2.06. The minimum Gasteiger partial charge on any atom is -0.336 e. The second-order valence-electron chi connectivity index (χ2n) is 5.10. The number of rotatable bonds is 3. The summed E-state index contributed by atoms with van der Waals surface area (Å²) in [5, 5.41) is 8.18. The fraction of sp³-hybridized carbons (Fsp3) is 0.312. The van der Waals surface area contributed by atoms with E-state index in [0.717, 1.165) is 5.56 Å². The number of benzene rings is 2. The van der Waals surface area contributed by atoms with Gasteiger partial charge in [0.15, 0.2) is 0 Å². The van der Waals surface area contributed by atoms with Crippen molar-refractivity contribution in [3.8, 4) is 0 Å². The van der Waals surface area contributed by atoms with Crippen molar-refractivity contribution in [1.82, 2.24) is 10.6 Å². The maximum atomic E-state index is 11.7. The summed E-state index contributed by atoms with van der Waals surface area (Å²) in [4.78, 5) is 11.7. The molecular formula is C16H20N2O. The SMILES string of the molecule is CC(C)NC(=O)N[C@@H](C)c1ccc2ccccc2c1. The molecule has 2 amide bonds.